The molecule has 3 aromatic rings. The molecule has 0 aliphatic carbocycles. The smallest absolute Gasteiger partial charge is 0.267 e. The van der Waals surface area contributed by atoms with E-state index in [1.165, 1.54) is 4.31 Å². The van der Waals surface area contributed by atoms with Crippen molar-refractivity contribution in [3.63, 3.8) is 0 Å². The zero-order chi connectivity index (χ0) is 23.5. The number of fused-ring (bicyclic) bond motifs is 1. The molecule has 8 nitrogen and oxygen atoms in total. The minimum atomic E-state index is -3.88. The van der Waals surface area contributed by atoms with Crippen LogP contribution >= 0.6 is 0 Å². The largest absolute Gasteiger partial charge is 0.476 e. The van der Waals surface area contributed by atoms with Crippen molar-refractivity contribution in [2.24, 2.45) is 0 Å². The molecule has 34 heavy (non-hydrogen) atoms. The van der Waals surface area contributed by atoms with Crippen molar-refractivity contribution in [2.45, 2.75) is 11.0 Å². The van der Waals surface area contributed by atoms with Crippen molar-refractivity contribution in [3.05, 3.63) is 78.9 Å². The van der Waals surface area contributed by atoms with Crippen LogP contribution in [0, 0.1) is 0 Å². The number of hydrogen-bond donors (Lipinski definition) is 1. The summed E-state index contributed by atoms with van der Waals surface area (Å²) in [5, 5.41) is 2.86. The maximum atomic E-state index is 13.4. The summed E-state index contributed by atoms with van der Waals surface area (Å²) < 4.78 is 39.3. The summed E-state index contributed by atoms with van der Waals surface area (Å²) in [6, 6.07) is 22.6. The summed E-state index contributed by atoms with van der Waals surface area (Å²) in [7, 11) is -3.88. The minimum absolute atomic E-state index is 0.133. The van der Waals surface area contributed by atoms with Gasteiger partial charge < -0.3 is 19.7 Å². The predicted molar refractivity (Wildman–Crippen MR) is 130 cm³/mol. The highest BCUT2D eigenvalue weighted by Gasteiger charge is 2.37. The number of sulfonamides is 1. The third-order valence-corrected chi connectivity index (χ3v) is 7.66. The second-order valence-corrected chi connectivity index (χ2v) is 9.92. The Bertz CT molecular complexity index is 1260. The Morgan fingerprint density at radius 1 is 0.882 bits per heavy atom. The molecule has 1 unspecified atom stereocenters. The summed E-state index contributed by atoms with van der Waals surface area (Å²) >= 11 is 0. The second kappa shape index (κ2) is 9.36. The molecule has 0 spiro atoms. The third kappa shape index (κ3) is 4.44. The molecular weight excluding hydrogens is 454 g/mol. The predicted octanol–water partition coefficient (Wildman–Crippen LogP) is 3.12. The molecule has 2 aliphatic rings. The molecule has 1 saturated heterocycles. The zero-order valence-corrected chi connectivity index (χ0v) is 19.3. The molecule has 3 aromatic carbocycles. The highest BCUT2D eigenvalue weighted by Crippen LogP contribution is 2.37. The standard InChI is InChI=1S/C25H25N3O5S/c29-25(26-19-10-12-20(13-11-19)27-14-16-32-17-15-27)24-18-28(22-8-4-5-9-23(22)33-24)34(30,31)21-6-2-1-3-7-21/h1-13,24H,14-18H2,(H,26,29). The molecule has 0 aromatic heterocycles. The van der Waals surface area contributed by atoms with Gasteiger partial charge in [0.25, 0.3) is 15.9 Å². The first kappa shape index (κ1) is 22.2. The van der Waals surface area contributed by atoms with Crippen molar-refractivity contribution in [3.8, 4) is 5.75 Å². The molecule has 1 N–H and O–H groups in total. The summed E-state index contributed by atoms with van der Waals surface area (Å²) in [5.74, 6) is -0.0713. The number of benzene rings is 3. The van der Waals surface area contributed by atoms with Gasteiger partial charge in [0, 0.05) is 24.5 Å². The van der Waals surface area contributed by atoms with E-state index < -0.39 is 22.0 Å². The topological polar surface area (TPSA) is 88.2 Å². The number of nitrogens with one attached hydrogen (secondary N) is 1. The van der Waals surface area contributed by atoms with Gasteiger partial charge in [-0.15, -0.1) is 0 Å². The van der Waals surface area contributed by atoms with E-state index >= 15 is 0 Å². The summed E-state index contributed by atoms with van der Waals surface area (Å²) in [4.78, 5) is 15.5. The van der Waals surface area contributed by atoms with Gasteiger partial charge in [0.05, 0.1) is 30.3 Å². The molecule has 1 atom stereocenters. The third-order valence-electron chi connectivity index (χ3n) is 5.87. The Morgan fingerprint density at radius 3 is 2.29 bits per heavy atom. The van der Waals surface area contributed by atoms with Crippen LogP contribution in [0.2, 0.25) is 0 Å². The first-order valence-corrected chi connectivity index (χ1v) is 12.5. The Hall–Kier alpha value is -3.56. The number of rotatable bonds is 5. The number of hydrogen-bond acceptors (Lipinski definition) is 6. The Kier molecular flexibility index (Phi) is 6.12. The Labute approximate surface area is 198 Å². The quantitative estimate of drug-likeness (QED) is 0.605. The molecule has 2 heterocycles. The Balaban J connectivity index is 1.35. The molecule has 1 amide bonds. The number of amides is 1. The minimum Gasteiger partial charge on any atom is -0.476 e. The van der Waals surface area contributed by atoms with E-state index in [0.717, 1.165) is 18.8 Å². The molecule has 0 bridgehead atoms. The van der Waals surface area contributed by atoms with Crippen molar-refractivity contribution >= 4 is 33.0 Å². The fourth-order valence-corrected chi connectivity index (χ4v) is 5.58. The van der Waals surface area contributed by atoms with Crippen LogP contribution in [0.15, 0.2) is 83.8 Å². The van der Waals surface area contributed by atoms with Gasteiger partial charge in [-0.2, -0.15) is 0 Å². The molecular formula is C25H25N3O5S. The normalized spacial score (nSPS) is 18.1. The van der Waals surface area contributed by atoms with Crippen molar-refractivity contribution in [1.29, 1.82) is 0 Å². The molecule has 5 rings (SSSR count). The van der Waals surface area contributed by atoms with Crippen molar-refractivity contribution < 1.29 is 22.7 Å². The van der Waals surface area contributed by atoms with Crippen LogP contribution in [0.1, 0.15) is 0 Å². The van der Waals surface area contributed by atoms with Crippen LogP contribution in [-0.2, 0) is 19.6 Å². The molecule has 0 radical (unpaired) electrons. The number of nitrogens with zero attached hydrogens (tertiary/aromatic N) is 2. The van der Waals surface area contributed by atoms with Crippen LogP contribution in [0.4, 0.5) is 17.1 Å². The van der Waals surface area contributed by atoms with Gasteiger partial charge in [0.15, 0.2) is 6.10 Å². The average Bonchev–Trinajstić information content (AvgIpc) is 2.89. The average molecular weight is 480 g/mol. The van der Waals surface area contributed by atoms with Crippen molar-refractivity contribution in [2.75, 3.05) is 47.4 Å². The van der Waals surface area contributed by atoms with Crippen LogP contribution in [0.25, 0.3) is 0 Å². The maximum Gasteiger partial charge on any atom is 0.267 e. The van der Waals surface area contributed by atoms with Gasteiger partial charge in [0.1, 0.15) is 5.75 Å². The number of morpholine rings is 1. The van der Waals surface area contributed by atoms with E-state index in [9.17, 15) is 13.2 Å². The van der Waals surface area contributed by atoms with Crippen LogP contribution in [0.5, 0.6) is 5.75 Å². The molecule has 0 saturated carbocycles. The van der Waals surface area contributed by atoms with Crippen LogP contribution in [-0.4, -0.2) is 53.3 Å². The second-order valence-electron chi connectivity index (χ2n) is 8.06. The van der Waals surface area contributed by atoms with Crippen LogP contribution < -0.4 is 19.3 Å². The van der Waals surface area contributed by atoms with E-state index in [2.05, 4.69) is 10.2 Å². The zero-order valence-electron chi connectivity index (χ0n) is 18.5. The highest BCUT2D eigenvalue weighted by molar-refractivity contribution is 7.92. The van der Waals surface area contributed by atoms with Crippen LogP contribution in [0.3, 0.4) is 0 Å². The summed E-state index contributed by atoms with van der Waals surface area (Å²) in [6.07, 6.45) is -1.01. The number of anilines is 3. The van der Waals surface area contributed by atoms with E-state index in [0.29, 0.717) is 30.3 Å². The molecule has 1 fully saturated rings. The van der Waals surface area contributed by atoms with Crippen molar-refractivity contribution in [1.82, 2.24) is 0 Å². The van der Waals surface area contributed by atoms with E-state index in [4.69, 9.17) is 9.47 Å². The lowest BCUT2D eigenvalue weighted by Gasteiger charge is -2.34. The maximum absolute atomic E-state index is 13.4. The number of para-hydroxylation sites is 2. The van der Waals surface area contributed by atoms with E-state index in [1.807, 2.05) is 24.3 Å². The molecule has 176 valence electrons. The van der Waals surface area contributed by atoms with Gasteiger partial charge in [-0.1, -0.05) is 30.3 Å². The fraction of sp³-hybridized carbons (Fsp3) is 0.240. The lowest BCUT2D eigenvalue weighted by atomic mass is 10.2. The number of carbonyl (C=O) groups excluding carboxylic acids is 1. The van der Waals surface area contributed by atoms with E-state index in [-0.39, 0.29) is 11.4 Å². The lowest BCUT2D eigenvalue weighted by molar-refractivity contribution is -0.122. The number of carbonyl (C=O) groups is 1. The SMILES string of the molecule is O=C(Nc1ccc(N2CCOCC2)cc1)C1CN(S(=O)(=O)c2ccccc2)c2ccccc2O1. The first-order chi connectivity index (χ1) is 16.5. The Morgan fingerprint density at radius 2 is 1.56 bits per heavy atom. The van der Waals surface area contributed by atoms with Gasteiger partial charge in [0.2, 0.25) is 0 Å². The summed E-state index contributed by atoms with van der Waals surface area (Å²) in [5.41, 5.74) is 2.08. The highest BCUT2D eigenvalue weighted by atomic mass is 32.2. The monoisotopic (exact) mass is 479 g/mol. The molecule has 9 heteroatoms. The lowest BCUT2D eigenvalue weighted by Crippen LogP contribution is -2.48. The van der Waals surface area contributed by atoms with Gasteiger partial charge in [-0.25, -0.2) is 8.42 Å². The molecule has 2 aliphatic heterocycles. The summed E-state index contributed by atoms with van der Waals surface area (Å²) in [6.45, 7) is 2.91. The first-order valence-electron chi connectivity index (χ1n) is 11.1. The van der Waals surface area contributed by atoms with Gasteiger partial charge >= 0.3 is 0 Å². The number of ether oxygens (including phenoxy) is 2. The fourth-order valence-electron chi connectivity index (χ4n) is 4.09. The van der Waals surface area contributed by atoms with E-state index in [1.54, 1.807) is 54.6 Å². The van der Waals surface area contributed by atoms with Gasteiger partial charge in [-0.3, -0.25) is 9.10 Å². The van der Waals surface area contributed by atoms with Gasteiger partial charge in [-0.05, 0) is 48.5 Å².